The van der Waals surface area contributed by atoms with Crippen molar-refractivity contribution in [1.29, 1.82) is 0 Å². The van der Waals surface area contributed by atoms with Gasteiger partial charge in [-0.2, -0.15) is 0 Å². The molecule has 1 rings (SSSR count). The maximum absolute atomic E-state index is 5.96. The first-order chi connectivity index (χ1) is 9.15. The van der Waals surface area contributed by atoms with Gasteiger partial charge in [-0.25, -0.2) is 0 Å². The molecule has 1 aromatic carbocycles. The molecule has 1 aromatic rings. The van der Waals surface area contributed by atoms with Crippen LogP contribution in [0.2, 0.25) is 5.02 Å². The van der Waals surface area contributed by atoms with Crippen molar-refractivity contribution in [2.75, 3.05) is 13.1 Å². The van der Waals surface area contributed by atoms with Crippen LogP contribution in [-0.4, -0.2) is 25.1 Å². The van der Waals surface area contributed by atoms with Gasteiger partial charge < -0.3 is 10.6 Å². The second kappa shape index (κ2) is 8.81. The SMILES string of the molecule is CCNC(=NCCc1cccc(Cl)c1)NC(C)CC. The van der Waals surface area contributed by atoms with Gasteiger partial charge in [-0.1, -0.05) is 30.7 Å². The van der Waals surface area contributed by atoms with Crippen LogP contribution in [0.4, 0.5) is 0 Å². The zero-order valence-corrected chi connectivity index (χ0v) is 12.8. The molecule has 0 saturated heterocycles. The van der Waals surface area contributed by atoms with Crippen LogP contribution in [0, 0.1) is 0 Å². The molecule has 106 valence electrons. The zero-order chi connectivity index (χ0) is 14.1. The number of benzene rings is 1. The molecule has 19 heavy (non-hydrogen) atoms. The first kappa shape index (κ1) is 15.8. The standard InChI is InChI=1S/C15H24ClN3/c1-4-12(3)19-15(17-5-2)18-10-9-13-7-6-8-14(16)11-13/h6-8,11-12H,4-5,9-10H2,1-3H3,(H2,17,18,19). The van der Waals surface area contributed by atoms with E-state index in [1.165, 1.54) is 5.56 Å². The fraction of sp³-hybridized carbons (Fsp3) is 0.533. The maximum Gasteiger partial charge on any atom is 0.191 e. The summed E-state index contributed by atoms with van der Waals surface area (Å²) in [4.78, 5) is 4.58. The second-order valence-corrected chi connectivity index (χ2v) is 5.03. The third kappa shape index (κ3) is 6.48. The summed E-state index contributed by atoms with van der Waals surface area (Å²) in [5.41, 5.74) is 1.22. The predicted octanol–water partition coefficient (Wildman–Crippen LogP) is 3.24. The smallest absolute Gasteiger partial charge is 0.191 e. The van der Waals surface area contributed by atoms with Crippen LogP contribution in [0.15, 0.2) is 29.3 Å². The van der Waals surface area contributed by atoms with E-state index in [1.807, 2.05) is 18.2 Å². The van der Waals surface area contributed by atoms with Crippen LogP contribution in [-0.2, 0) is 6.42 Å². The summed E-state index contributed by atoms with van der Waals surface area (Å²) in [6.07, 6.45) is 1.98. The molecule has 2 N–H and O–H groups in total. The number of hydrogen-bond acceptors (Lipinski definition) is 1. The van der Waals surface area contributed by atoms with E-state index in [-0.39, 0.29) is 0 Å². The Morgan fingerprint density at radius 1 is 1.37 bits per heavy atom. The average molecular weight is 282 g/mol. The predicted molar refractivity (Wildman–Crippen MR) is 84.0 cm³/mol. The van der Waals surface area contributed by atoms with Crippen molar-refractivity contribution < 1.29 is 0 Å². The van der Waals surface area contributed by atoms with Gasteiger partial charge in [0.15, 0.2) is 5.96 Å². The van der Waals surface area contributed by atoms with E-state index < -0.39 is 0 Å². The van der Waals surface area contributed by atoms with Crippen molar-refractivity contribution in [3.8, 4) is 0 Å². The summed E-state index contributed by atoms with van der Waals surface area (Å²) in [5.74, 6) is 0.888. The molecule has 0 aromatic heterocycles. The minimum atomic E-state index is 0.434. The number of halogens is 1. The Balaban J connectivity index is 2.51. The van der Waals surface area contributed by atoms with Crippen molar-refractivity contribution in [2.24, 2.45) is 4.99 Å². The summed E-state index contributed by atoms with van der Waals surface area (Å²) in [6.45, 7) is 8.02. The Morgan fingerprint density at radius 3 is 2.79 bits per heavy atom. The van der Waals surface area contributed by atoms with Crippen LogP contribution < -0.4 is 10.6 Å². The third-order valence-electron chi connectivity index (χ3n) is 2.90. The molecule has 0 fully saturated rings. The molecule has 0 spiro atoms. The number of nitrogens with zero attached hydrogens (tertiary/aromatic N) is 1. The monoisotopic (exact) mass is 281 g/mol. The fourth-order valence-electron chi connectivity index (χ4n) is 1.64. The average Bonchev–Trinajstić information content (AvgIpc) is 2.39. The third-order valence-corrected chi connectivity index (χ3v) is 3.13. The van der Waals surface area contributed by atoms with Gasteiger partial charge in [0, 0.05) is 24.2 Å². The Bertz CT molecular complexity index is 404. The van der Waals surface area contributed by atoms with Gasteiger partial charge in [0.1, 0.15) is 0 Å². The van der Waals surface area contributed by atoms with Gasteiger partial charge in [0.2, 0.25) is 0 Å². The first-order valence-corrected chi connectivity index (χ1v) is 7.32. The molecule has 0 aliphatic heterocycles. The summed E-state index contributed by atoms with van der Waals surface area (Å²) in [6, 6.07) is 8.37. The molecule has 0 amide bonds. The molecule has 0 aliphatic carbocycles. The topological polar surface area (TPSA) is 36.4 Å². The van der Waals surface area contributed by atoms with Crippen molar-refractivity contribution in [1.82, 2.24) is 10.6 Å². The van der Waals surface area contributed by atoms with Gasteiger partial charge >= 0.3 is 0 Å². The fourth-order valence-corrected chi connectivity index (χ4v) is 1.86. The molecule has 1 atom stereocenters. The lowest BCUT2D eigenvalue weighted by Crippen LogP contribution is -2.42. The maximum atomic E-state index is 5.96. The molecule has 3 nitrogen and oxygen atoms in total. The van der Waals surface area contributed by atoms with E-state index in [4.69, 9.17) is 11.6 Å². The molecule has 0 bridgehead atoms. The number of aliphatic imine (C=N–C) groups is 1. The minimum absolute atomic E-state index is 0.434. The minimum Gasteiger partial charge on any atom is -0.357 e. The second-order valence-electron chi connectivity index (χ2n) is 4.59. The number of guanidine groups is 1. The van der Waals surface area contributed by atoms with Crippen LogP contribution in [0.1, 0.15) is 32.8 Å². The summed E-state index contributed by atoms with van der Waals surface area (Å²) >= 11 is 5.96. The van der Waals surface area contributed by atoms with Crippen LogP contribution in [0.25, 0.3) is 0 Å². The molecular formula is C15H24ClN3. The van der Waals surface area contributed by atoms with E-state index in [0.29, 0.717) is 6.04 Å². The Hall–Kier alpha value is -1.22. The quantitative estimate of drug-likeness (QED) is 0.620. The Morgan fingerprint density at radius 2 is 2.16 bits per heavy atom. The molecule has 4 heteroatoms. The number of nitrogens with one attached hydrogen (secondary N) is 2. The highest BCUT2D eigenvalue weighted by atomic mass is 35.5. The first-order valence-electron chi connectivity index (χ1n) is 6.95. The van der Waals surface area contributed by atoms with Gasteiger partial charge in [-0.15, -0.1) is 0 Å². The van der Waals surface area contributed by atoms with Crippen molar-refractivity contribution >= 4 is 17.6 Å². The largest absolute Gasteiger partial charge is 0.357 e. The number of hydrogen-bond donors (Lipinski definition) is 2. The molecule has 0 saturated carbocycles. The van der Waals surface area contributed by atoms with Gasteiger partial charge in [-0.3, -0.25) is 4.99 Å². The highest BCUT2D eigenvalue weighted by molar-refractivity contribution is 6.30. The zero-order valence-electron chi connectivity index (χ0n) is 12.0. The van der Waals surface area contributed by atoms with E-state index in [1.54, 1.807) is 0 Å². The molecule has 0 heterocycles. The molecular weight excluding hydrogens is 258 g/mol. The summed E-state index contributed by atoms with van der Waals surface area (Å²) in [5, 5.41) is 7.42. The van der Waals surface area contributed by atoms with E-state index in [2.05, 4.69) is 42.5 Å². The highest BCUT2D eigenvalue weighted by Crippen LogP contribution is 2.10. The Kier molecular flexibility index (Phi) is 7.34. The Labute approximate surface area is 121 Å². The normalized spacial score (nSPS) is 13.2. The summed E-state index contributed by atoms with van der Waals surface area (Å²) in [7, 11) is 0. The van der Waals surface area contributed by atoms with Crippen LogP contribution in [0.3, 0.4) is 0 Å². The van der Waals surface area contributed by atoms with Crippen LogP contribution >= 0.6 is 11.6 Å². The van der Waals surface area contributed by atoms with Crippen molar-refractivity contribution in [3.05, 3.63) is 34.9 Å². The van der Waals surface area contributed by atoms with Gasteiger partial charge in [0.25, 0.3) is 0 Å². The highest BCUT2D eigenvalue weighted by Gasteiger charge is 2.02. The molecule has 0 aliphatic rings. The lowest BCUT2D eigenvalue weighted by molar-refractivity contribution is 0.624. The molecule has 1 unspecified atom stereocenters. The van der Waals surface area contributed by atoms with E-state index >= 15 is 0 Å². The lowest BCUT2D eigenvalue weighted by Gasteiger charge is -2.16. The van der Waals surface area contributed by atoms with E-state index in [9.17, 15) is 0 Å². The van der Waals surface area contributed by atoms with Crippen molar-refractivity contribution in [2.45, 2.75) is 39.7 Å². The van der Waals surface area contributed by atoms with E-state index in [0.717, 1.165) is 36.9 Å². The number of rotatable bonds is 6. The van der Waals surface area contributed by atoms with Gasteiger partial charge in [-0.05, 0) is 44.4 Å². The molecule has 0 radical (unpaired) electrons. The van der Waals surface area contributed by atoms with Gasteiger partial charge in [0.05, 0.1) is 0 Å². The van der Waals surface area contributed by atoms with Crippen LogP contribution in [0.5, 0.6) is 0 Å². The summed E-state index contributed by atoms with van der Waals surface area (Å²) < 4.78 is 0. The lowest BCUT2D eigenvalue weighted by atomic mass is 10.1. The van der Waals surface area contributed by atoms with Crippen molar-refractivity contribution in [3.63, 3.8) is 0 Å².